The van der Waals surface area contributed by atoms with Crippen molar-refractivity contribution in [3.63, 3.8) is 0 Å². The largest absolute Gasteiger partial charge is 0.497 e. The Morgan fingerprint density at radius 3 is 2.57 bits per heavy atom. The lowest BCUT2D eigenvalue weighted by Crippen LogP contribution is -2.17. The van der Waals surface area contributed by atoms with E-state index < -0.39 is 0 Å². The Morgan fingerprint density at radius 2 is 1.83 bits per heavy atom. The lowest BCUT2D eigenvalue weighted by molar-refractivity contribution is -0.146. The van der Waals surface area contributed by atoms with Crippen molar-refractivity contribution in [2.24, 2.45) is 0 Å². The predicted molar refractivity (Wildman–Crippen MR) is 87.8 cm³/mol. The summed E-state index contributed by atoms with van der Waals surface area (Å²) < 4.78 is 15.5. The number of ether oxygens (including phenoxy) is 3. The second kappa shape index (κ2) is 8.50. The van der Waals surface area contributed by atoms with Crippen molar-refractivity contribution in [2.45, 2.75) is 12.8 Å². The summed E-state index contributed by atoms with van der Waals surface area (Å²) in [6, 6.07) is 11.7. The Bertz CT molecular complexity index is 653. The molecule has 23 heavy (non-hydrogen) atoms. The molecule has 5 heteroatoms. The van der Waals surface area contributed by atoms with E-state index in [-0.39, 0.29) is 38.3 Å². The van der Waals surface area contributed by atoms with Gasteiger partial charge in [-0.2, -0.15) is 0 Å². The Labute approximate surface area is 135 Å². The first-order valence-corrected chi connectivity index (χ1v) is 7.58. The molecule has 5 nitrogen and oxygen atoms in total. The number of fused-ring (bicyclic) bond motifs is 1. The number of rotatable bonds is 8. The van der Waals surface area contributed by atoms with E-state index >= 15 is 0 Å². The summed E-state index contributed by atoms with van der Waals surface area (Å²) in [5.41, 5.74) is 0.906. The minimum atomic E-state index is -0.348. The molecule has 2 aromatic carbocycles. The number of methoxy groups -OCH3 is 1. The average Bonchev–Trinajstić information content (AvgIpc) is 2.59. The van der Waals surface area contributed by atoms with Crippen molar-refractivity contribution in [1.82, 2.24) is 0 Å². The topological polar surface area (TPSA) is 65.0 Å². The maximum Gasteiger partial charge on any atom is 0.313 e. The fraction of sp³-hybridized carbons (Fsp3) is 0.389. The van der Waals surface area contributed by atoms with Gasteiger partial charge in [-0.3, -0.25) is 4.79 Å². The fourth-order valence-electron chi connectivity index (χ4n) is 2.27. The molecular weight excluding hydrogens is 296 g/mol. The maximum absolute atomic E-state index is 12.1. The van der Waals surface area contributed by atoms with Crippen LogP contribution in [0, 0.1) is 0 Å². The van der Waals surface area contributed by atoms with Crippen LogP contribution >= 0.6 is 0 Å². The highest BCUT2D eigenvalue weighted by Gasteiger charge is 2.17. The average molecular weight is 318 g/mol. The van der Waals surface area contributed by atoms with Gasteiger partial charge in [-0.25, -0.2) is 0 Å². The number of hydrogen-bond acceptors (Lipinski definition) is 5. The molecule has 0 saturated heterocycles. The highest BCUT2D eigenvalue weighted by atomic mass is 16.6. The first-order chi connectivity index (χ1) is 11.2. The Kier molecular flexibility index (Phi) is 6.38. The summed E-state index contributed by atoms with van der Waals surface area (Å²) in [5, 5.41) is 10.7. The van der Waals surface area contributed by atoms with E-state index in [1.165, 1.54) is 0 Å². The van der Waals surface area contributed by atoms with Gasteiger partial charge in [0.25, 0.3) is 0 Å². The minimum Gasteiger partial charge on any atom is -0.497 e. The monoisotopic (exact) mass is 318 g/mol. The van der Waals surface area contributed by atoms with Crippen molar-refractivity contribution < 1.29 is 24.1 Å². The van der Waals surface area contributed by atoms with Crippen molar-refractivity contribution in [3.05, 3.63) is 42.0 Å². The Hall–Kier alpha value is -2.11. The molecule has 0 heterocycles. The molecule has 0 spiro atoms. The van der Waals surface area contributed by atoms with Gasteiger partial charge in [0, 0.05) is 0 Å². The summed E-state index contributed by atoms with van der Waals surface area (Å²) in [7, 11) is 1.64. The lowest BCUT2D eigenvalue weighted by Gasteiger charge is -2.13. The molecule has 0 aliphatic carbocycles. The number of hydrogen-bond donors (Lipinski definition) is 1. The van der Waals surface area contributed by atoms with Gasteiger partial charge in [0.15, 0.2) is 0 Å². The van der Waals surface area contributed by atoms with Crippen LogP contribution in [0.25, 0.3) is 10.8 Å². The third-order valence-corrected chi connectivity index (χ3v) is 3.63. The van der Waals surface area contributed by atoms with Crippen LogP contribution in [0.3, 0.4) is 0 Å². The molecule has 0 aromatic heterocycles. The van der Waals surface area contributed by atoms with E-state index in [1.807, 2.05) is 43.3 Å². The van der Waals surface area contributed by atoms with Gasteiger partial charge in [0.2, 0.25) is 0 Å². The molecule has 0 aliphatic rings. The molecule has 1 N–H and O–H groups in total. The molecule has 2 rings (SSSR count). The number of esters is 1. The first-order valence-electron chi connectivity index (χ1n) is 7.58. The van der Waals surface area contributed by atoms with Gasteiger partial charge in [-0.15, -0.1) is 0 Å². The number of carbonyl (C=O) groups is 1. The van der Waals surface area contributed by atoms with Crippen molar-refractivity contribution in [3.8, 4) is 5.75 Å². The van der Waals surface area contributed by atoms with Crippen LogP contribution in [0.5, 0.6) is 5.75 Å². The smallest absolute Gasteiger partial charge is 0.313 e. The maximum atomic E-state index is 12.1. The molecule has 0 bridgehead atoms. The highest BCUT2D eigenvalue weighted by Crippen LogP contribution is 2.25. The normalized spacial score (nSPS) is 12.1. The van der Waals surface area contributed by atoms with Gasteiger partial charge >= 0.3 is 5.97 Å². The summed E-state index contributed by atoms with van der Waals surface area (Å²) in [6.45, 7) is 2.51. The standard InChI is InChI=1S/C18H22O5/c1-13(18(20)23-10-9-22-8-7-19)14-3-4-16-12-17(21-2)6-5-15(16)11-14/h3-6,11-13,19H,7-10H2,1-2H3/t13-/m0/s1. The van der Waals surface area contributed by atoms with E-state index in [0.29, 0.717) is 0 Å². The Morgan fingerprint density at radius 1 is 1.09 bits per heavy atom. The zero-order valence-corrected chi connectivity index (χ0v) is 13.5. The van der Waals surface area contributed by atoms with Crippen molar-refractivity contribution >= 4 is 16.7 Å². The van der Waals surface area contributed by atoms with Crippen LogP contribution in [-0.4, -0.2) is 44.6 Å². The van der Waals surface area contributed by atoms with Gasteiger partial charge < -0.3 is 19.3 Å². The molecule has 0 aliphatic heterocycles. The molecule has 0 unspecified atom stereocenters. The van der Waals surface area contributed by atoms with Gasteiger partial charge in [0.1, 0.15) is 12.4 Å². The summed E-state index contributed by atoms with van der Waals surface area (Å²) in [5.74, 6) is 0.172. The van der Waals surface area contributed by atoms with E-state index in [1.54, 1.807) is 7.11 Å². The Balaban J connectivity index is 1.99. The molecule has 0 radical (unpaired) electrons. The summed E-state index contributed by atoms with van der Waals surface area (Å²) >= 11 is 0. The quantitative estimate of drug-likeness (QED) is 0.598. The predicted octanol–water partition coefficient (Wildman–Crippen LogP) is 2.50. The van der Waals surface area contributed by atoms with Gasteiger partial charge in [0.05, 0.1) is 32.8 Å². The van der Waals surface area contributed by atoms with Crippen LogP contribution in [0.2, 0.25) is 0 Å². The SMILES string of the molecule is COc1ccc2cc([C@H](C)C(=O)OCCOCCO)ccc2c1. The summed E-state index contributed by atoms with van der Waals surface area (Å²) in [6.07, 6.45) is 0. The lowest BCUT2D eigenvalue weighted by atomic mass is 9.98. The third-order valence-electron chi connectivity index (χ3n) is 3.63. The van der Waals surface area contributed by atoms with E-state index in [4.69, 9.17) is 19.3 Å². The van der Waals surface area contributed by atoms with Gasteiger partial charge in [-0.05, 0) is 35.4 Å². The summed E-state index contributed by atoms with van der Waals surface area (Å²) in [4.78, 5) is 12.1. The number of aliphatic hydroxyl groups is 1. The molecular formula is C18H22O5. The second-order valence-electron chi connectivity index (χ2n) is 5.20. The number of aliphatic hydroxyl groups excluding tert-OH is 1. The third kappa shape index (κ3) is 4.68. The van der Waals surface area contributed by atoms with Crippen LogP contribution in [0.1, 0.15) is 18.4 Å². The molecule has 0 fully saturated rings. The van der Waals surface area contributed by atoms with E-state index in [0.717, 1.165) is 22.1 Å². The van der Waals surface area contributed by atoms with Crippen LogP contribution in [0.15, 0.2) is 36.4 Å². The van der Waals surface area contributed by atoms with Crippen LogP contribution < -0.4 is 4.74 Å². The molecule has 2 aromatic rings. The number of carbonyl (C=O) groups excluding carboxylic acids is 1. The van der Waals surface area contributed by atoms with E-state index in [2.05, 4.69) is 0 Å². The first kappa shape index (κ1) is 17.2. The van der Waals surface area contributed by atoms with E-state index in [9.17, 15) is 4.79 Å². The van der Waals surface area contributed by atoms with Crippen molar-refractivity contribution in [2.75, 3.05) is 33.5 Å². The van der Waals surface area contributed by atoms with Crippen LogP contribution in [-0.2, 0) is 14.3 Å². The molecule has 0 saturated carbocycles. The molecule has 124 valence electrons. The second-order valence-corrected chi connectivity index (χ2v) is 5.20. The fourth-order valence-corrected chi connectivity index (χ4v) is 2.27. The molecule has 0 amide bonds. The minimum absolute atomic E-state index is 0.0355. The highest BCUT2D eigenvalue weighted by molar-refractivity contribution is 5.86. The number of benzene rings is 2. The molecule has 1 atom stereocenters. The van der Waals surface area contributed by atoms with Gasteiger partial charge in [-0.1, -0.05) is 24.3 Å². The zero-order valence-electron chi connectivity index (χ0n) is 13.5. The zero-order chi connectivity index (χ0) is 16.7. The van der Waals surface area contributed by atoms with Crippen LogP contribution in [0.4, 0.5) is 0 Å². The van der Waals surface area contributed by atoms with Crippen molar-refractivity contribution in [1.29, 1.82) is 0 Å².